The molecule has 0 saturated heterocycles. The van der Waals surface area contributed by atoms with Crippen LogP contribution in [0.5, 0.6) is 11.5 Å². The number of halogens is 1. The summed E-state index contributed by atoms with van der Waals surface area (Å²) in [6.45, 7) is 3.77. The number of thiophene rings is 1. The molecule has 0 fully saturated rings. The van der Waals surface area contributed by atoms with Gasteiger partial charge >= 0.3 is 5.97 Å². The van der Waals surface area contributed by atoms with E-state index in [4.69, 9.17) is 14.2 Å². The number of fused-ring (bicyclic) bond motifs is 1. The third-order valence-electron chi connectivity index (χ3n) is 5.08. The van der Waals surface area contributed by atoms with Crippen LogP contribution in [0.4, 0.5) is 0 Å². The van der Waals surface area contributed by atoms with Gasteiger partial charge in [0.05, 0.1) is 41.1 Å². The summed E-state index contributed by atoms with van der Waals surface area (Å²) < 4.78 is 18.9. The number of hydrogen-bond donors (Lipinski definition) is 0. The van der Waals surface area contributed by atoms with E-state index in [1.807, 2.05) is 23.6 Å². The molecule has 7 nitrogen and oxygen atoms in total. The Labute approximate surface area is 206 Å². The van der Waals surface area contributed by atoms with Gasteiger partial charge in [-0.1, -0.05) is 17.4 Å². The van der Waals surface area contributed by atoms with Crippen molar-refractivity contribution in [2.45, 2.75) is 19.9 Å². The zero-order chi connectivity index (χ0) is 23.7. The number of methoxy groups -OCH3 is 2. The Morgan fingerprint density at radius 1 is 1.30 bits per heavy atom. The normalized spacial score (nSPS) is 15.8. The highest BCUT2D eigenvalue weighted by Gasteiger charge is 2.33. The second-order valence-corrected chi connectivity index (χ2v) is 9.90. The number of carbonyl (C=O) groups excluding carboxylic acids is 1. The minimum atomic E-state index is -0.584. The third kappa shape index (κ3) is 4.30. The molecule has 1 aliphatic heterocycles. The maximum Gasteiger partial charge on any atom is 0.338 e. The molecule has 1 aliphatic rings. The summed E-state index contributed by atoms with van der Waals surface area (Å²) in [6.07, 6.45) is 1.78. The van der Waals surface area contributed by atoms with Crippen molar-refractivity contribution in [1.29, 1.82) is 0 Å². The molecule has 2 aromatic heterocycles. The molecule has 1 aromatic carbocycles. The van der Waals surface area contributed by atoms with Gasteiger partial charge in [0.15, 0.2) is 16.3 Å². The van der Waals surface area contributed by atoms with Crippen LogP contribution in [0.2, 0.25) is 0 Å². The summed E-state index contributed by atoms with van der Waals surface area (Å²) in [4.78, 5) is 32.4. The topological polar surface area (TPSA) is 79.1 Å². The molecule has 172 valence electrons. The average Bonchev–Trinajstić information content (AvgIpc) is 3.41. The number of carbonyl (C=O) groups is 1. The summed E-state index contributed by atoms with van der Waals surface area (Å²) >= 11 is 6.25. The van der Waals surface area contributed by atoms with Gasteiger partial charge in [-0.15, -0.1) is 11.3 Å². The first-order valence-electron chi connectivity index (χ1n) is 10.0. The zero-order valence-corrected chi connectivity index (χ0v) is 21.6. The van der Waals surface area contributed by atoms with Crippen LogP contribution in [0.15, 0.2) is 55.2 Å². The molecule has 0 unspecified atom stereocenters. The van der Waals surface area contributed by atoms with Crippen molar-refractivity contribution in [3.63, 3.8) is 0 Å². The van der Waals surface area contributed by atoms with Gasteiger partial charge in [-0.05, 0) is 65.0 Å². The molecule has 0 amide bonds. The monoisotopic (exact) mass is 548 g/mol. The van der Waals surface area contributed by atoms with Crippen molar-refractivity contribution in [3.8, 4) is 11.5 Å². The molecular weight excluding hydrogens is 528 g/mol. The lowest BCUT2D eigenvalue weighted by Crippen LogP contribution is -2.39. The molecule has 0 saturated carbocycles. The van der Waals surface area contributed by atoms with Crippen molar-refractivity contribution in [2.75, 3.05) is 20.8 Å². The average molecular weight is 549 g/mol. The molecule has 0 bridgehead atoms. The first-order valence-corrected chi connectivity index (χ1v) is 12.5. The number of ether oxygens (including phenoxy) is 3. The van der Waals surface area contributed by atoms with Crippen LogP contribution in [-0.2, 0) is 9.53 Å². The number of hydrogen-bond acceptors (Lipinski definition) is 8. The third-order valence-corrected chi connectivity index (χ3v) is 7.58. The van der Waals surface area contributed by atoms with E-state index in [1.54, 1.807) is 44.8 Å². The Kier molecular flexibility index (Phi) is 6.87. The fourth-order valence-electron chi connectivity index (χ4n) is 3.68. The smallest absolute Gasteiger partial charge is 0.338 e. The SMILES string of the molecule is CCOC(=O)C1=C(C)N=c2s/c(=C\c3cc(Br)c(OC)c(OC)c3)c(=O)n2[C@@H]1c1cccs1. The number of esters is 1. The summed E-state index contributed by atoms with van der Waals surface area (Å²) in [5, 5.41) is 1.92. The lowest BCUT2D eigenvalue weighted by Gasteiger charge is -2.23. The largest absolute Gasteiger partial charge is 0.493 e. The maximum absolute atomic E-state index is 13.6. The quantitative estimate of drug-likeness (QED) is 0.439. The number of benzene rings is 1. The van der Waals surface area contributed by atoms with E-state index < -0.39 is 12.0 Å². The van der Waals surface area contributed by atoms with E-state index in [2.05, 4.69) is 20.9 Å². The van der Waals surface area contributed by atoms with E-state index in [9.17, 15) is 9.59 Å². The van der Waals surface area contributed by atoms with Gasteiger partial charge in [-0.2, -0.15) is 0 Å². The van der Waals surface area contributed by atoms with Crippen LogP contribution >= 0.6 is 38.6 Å². The number of nitrogens with zero attached hydrogens (tertiary/aromatic N) is 2. The standard InChI is InChI=1S/C23H21BrN2O5S2/c1-5-31-22(28)18-12(2)25-23-26(19(18)16-7-6-8-32-16)21(27)17(33-23)11-13-9-14(24)20(30-4)15(10-13)29-3/h6-11,19H,5H2,1-4H3/b17-11-/t19-/m1/s1. The molecule has 4 rings (SSSR count). The predicted molar refractivity (Wildman–Crippen MR) is 132 cm³/mol. The first kappa shape index (κ1) is 23.5. The van der Waals surface area contributed by atoms with E-state index in [0.29, 0.717) is 36.6 Å². The molecule has 3 heterocycles. The molecule has 33 heavy (non-hydrogen) atoms. The van der Waals surface area contributed by atoms with E-state index in [-0.39, 0.29) is 12.2 Å². The van der Waals surface area contributed by atoms with Crippen molar-refractivity contribution in [3.05, 3.63) is 75.5 Å². The Morgan fingerprint density at radius 3 is 2.73 bits per heavy atom. The molecule has 0 spiro atoms. The second-order valence-electron chi connectivity index (χ2n) is 7.06. The van der Waals surface area contributed by atoms with Gasteiger partial charge in [0.25, 0.3) is 5.56 Å². The van der Waals surface area contributed by atoms with Crippen LogP contribution < -0.4 is 24.4 Å². The van der Waals surface area contributed by atoms with Crippen LogP contribution in [0.25, 0.3) is 6.08 Å². The van der Waals surface area contributed by atoms with Gasteiger partial charge in [-0.3, -0.25) is 9.36 Å². The number of aromatic nitrogens is 1. The summed E-state index contributed by atoms with van der Waals surface area (Å²) in [7, 11) is 3.12. The molecular formula is C23H21BrN2O5S2. The van der Waals surface area contributed by atoms with E-state index in [1.165, 1.54) is 22.7 Å². The van der Waals surface area contributed by atoms with Gasteiger partial charge in [0, 0.05) is 4.88 Å². The minimum absolute atomic E-state index is 0.225. The Balaban J connectivity index is 1.92. The molecule has 10 heteroatoms. The molecule has 0 N–H and O–H groups in total. The minimum Gasteiger partial charge on any atom is -0.493 e. The highest BCUT2D eigenvalue weighted by atomic mass is 79.9. The summed E-state index contributed by atoms with van der Waals surface area (Å²) in [5.74, 6) is 0.654. The van der Waals surface area contributed by atoms with Crippen LogP contribution in [0.3, 0.4) is 0 Å². The van der Waals surface area contributed by atoms with Crippen molar-refractivity contribution in [2.24, 2.45) is 4.99 Å². The van der Waals surface area contributed by atoms with E-state index >= 15 is 0 Å². The fraction of sp³-hybridized carbons (Fsp3) is 0.261. The maximum atomic E-state index is 13.6. The van der Waals surface area contributed by atoms with Gasteiger partial charge < -0.3 is 14.2 Å². The lowest BCUT2D eigenvalue weighted by atomic mass is 10.0. The second kappa shape index (κ2) is 9.66. The Morgan fingerprint density at radius 2 is 2.09 bits per heavy atom. The van der Waals surface area contributed by atoms with Crippen molar-refractivity contribution < 1.29 is 19.0 Å². The van der Waals surface area contributed by atoms with Crippen molar-refractivity contribution in [1.82, 2.24) is 4.57 Å². The Bertz CT molecular complexity index is 1420. The number of rotatable bonds is 6. The zero-order valence-electron chi connectivity index (χ0n) is 18.4. The van der Waals surface area contributed by atoms with Crippen LogP contribution in [0.1, 0.15) is 30.3 Å². The molecule has 1 atom stereocenters. The van der Waals surface area contributed by atoms with Crippen LogP contribution in [-0.4, -0.2) is 31.4 Å². The van der Waals surface area contributed by atoms with Gasteiger partial charge in [0.2, 0.25) is 0 Å². The molecule has 0 radical (unpaired) electrons. The number of thiazole rings is 1. The highest BCUT2D eigenvalue weighted by molar-refractivity contribution is 9.10. The van der Waals surface area contributed by atoms with Crippen LogP contribution in [0, 0.1) is 0 Å². The van der Waals surface area contributed by atoms with Gasteiger partial charge in [0.1, 0.15) is 6.04 Å². The predicted octanol–water partition coefficient (Wildman–Crippen LogP) is 3.64. The lowest BCUT2D eigenvalue weighted by molar-refractivity contribution is -0.139. The Hall–Kier alpha value is -2.69. The molecule has 0 aliphatic carbocycles. The molecule has 3 aromatic rings. The summed E-state index contributed by atoms with van der Waals surface area (Å²) in [5.41, 5.74) is 1.47. The highest BCUT2D eigenvalue weighted by Crippen LogP contribution is 2.36. The van der Waals surface area contributed by atoms with Crippen molar-refractivity contribution >= 4 is 50.6 Å². The van der Waals surface area contributed by atoms with Gasteiger partial charge in [-0.25, -0.2) is 9.79 Å². The van der Waals surface area contributed by atoms with E-state index in [0.717, 1.165) is 10.4 Å². The fourth-order valence-corrected chi connectivity index (χ4v) is 6.17. The number of allylic oxidation sites excluding steroid dienone is 1. The summed E-state index contributed by atoms with van der Waals surface area (Å²) in [6, 6.07) is 6.88. The first-order chi connectivity index (χ1) is 15.9.